The molecule has 2 unspecified atom stereocenters. The molecular formula is C14H18ClNO3. The number of benzene rings is 1. The summed E-state index contributed by atoms with van der Waals surface area (Å²) in [7, 11) is 0. The zero-order valence-corrected chi connectivity index (χ0v) is 11.6. The van der Waals surface area contributed by atoms with Gasteiger partial charge in [0.15, 0.2) is 0 Å². The van der Waals surface area contributed by atoms with Crippen LogP contribution in [0.5, 0.6) is 0 Å². The fraction of sp³-hybridized carbons (Fsp3) is 0.500. The molecule has 0 bridgehead atoms. The third-order valence-corrected chi connectivity index (χ3v) is 3.70. The molecule has 0 spiro atoms. The highest BCUT2D eigenvalue weighted by Gasteiger charge is 2.30. The number of rotatable bonds is 4. The predicted molar refractivity (Wildman–Crippen MR) is 73.4 cm³/mol. The molecule has 5 heteroatoms. The third kappa shape index (κ3) is 3.47. The maximum Gasteiger partial charge on any atom is 0.320 e. The Morgan fingerprint density at radius 2 is 2.21 bits per heavy atom. The Hall–Kier alpha value is -1.10. The van der Waals surface area contributed by atoms with E-state index in [9.17, 15) is 9.90 Å². The maximum absolute atomic E-state index is 11.2. The predicted octanol–water partition coefficient (Wildman–Crippen LogP) is 2.58. The third-order valence-electron chi connectivity index (χ3n) is 3.45. The van der Waals surface area contributed by atoms with Crippen LogP contribution in [-0.4, -0.2) is 41.7 Å². The van der Waals surface area contributed by atoms with Crippen molar-refractivity contribution in [2.45, 2.75) is 25.5 Å². The van der Waals surface area contributed by atoms with Gasteiger partial charge in [0.25, 0.3) is 0 Å². The number of hydrogen-bond acceptors (Lipinski definition) is 3. The minimum absolute atomic E-state index is 0.0839. The number of carboxylic acid groups (broad SMARTS) is 1. The number of halogens is 1. The van der Waals surface area contributed by atoms with Crippen molar-refractivity contribution < 1.29 is 14.6 Å². The van der Waals surface area contributed by atoms with Gasteiger partial charge in [0.1, 0.15) is 6.04 Å². The first-order chi connectivity index (χ1) is 9.11. The molecule has 0 radical (unpaired) electrons. The summed E-state index contributed by atoms with van der Waals surface area (Å²) in [5.41, 5.74) is 1.04. The fourth-order valence-electron chi connectivity index (χ4n) is 2.42. The van der Waals surface area contributed by atoms with E-state index in [2.05, 4.69) is 0 Å². The molecule has 4 nitrogen and oxygen atoms in total. The average Bonchev–Trinajstić information content (AvgIpc) is 2.40. The molecule has 2 rings (SSSR count). The number of nitrogens with zero attached hydrogens (tertiary/aromatic N) is 1. The Balaban J connectivity index is 2.08. The minimum atomic E-state index is -0.765. The van der Waals surface area contributed by atoms with Crippen molar-refractivity contribution in [3.8, 4) is 0 Å². The van der Waals surface area contributed by atoms with Gasteiger partial charge in [-0.2, -0.15) is 0 Å². The number of hydrogen-bond donors (Lipinski definition) is 1. The number of carboxylic acids is 1. The Kier molecular flexibility index (Phi) is 4.80. The topological polar surface area (TPSA) is 49.8 Å². The Bertz CT molecular complexity index is 435. The highest BCUT2D eigenvalue weighted by molar-refractivity contribution is 6.30. The second-order valence-electron chi connectivity index (χ2n) is 4.67. The summed E-state index contributed by atoms with van der Waals surface area (Å²) in [4.78, 5) is 13.2. The van der Waals surface area contributed by atoms with E-state index in [1.165, 1.54) is 0 Å². The van der Waals surface area contributed by atoms with Crippen LogP contribution >= 0.6 is 11.6 Å². The summed E-state index contributed by atoms with van der Waals surface area (Å²) in [5.74, 6) is -0.765. The zero-order valence-electron chi connectivity index (χ0n) is 10.9. The second-order valence-corrected chi connectivity index (χ2v) is 5.10. The van der Waals surface area contributed by atoms with Crippen LogP contribution in [0.15, 0.2) is 24.3 Å². The van der Waals surface area contributed by atoms with Gasteiger partial charge < -0.3 is 9.84 Å². The second kappa shape index (κ2) is 6.37. The molecule has 1 saturated heterocycles. The summed E-state index contributed by atoms with van der Waals surface area (Å²) in [5, 5.41) is 9.91. The molecule has 0 amide bonds. The van der Waals surface area contributed by atoms with Gasteiger partial charge in [-0.05, 0) is 24.1 Å². The Morgan fingerprint density at radius 1 is 1.53 bits per heavy atom. The van der Waals surface area contributed by atoms with Gasteiger partial charge in [0.05, 0.1) is 12.7 Å². The molecule has 1 aliphatic rings. The smallest absolute Gasteiger partial charge is 0.320 e. The van der Waals surface area contributed by atoms with Crippen LogP contribution in [0, 0.1) is 0 Å². The summed E-state index contributed by atoms with van der Waals surface area (Å²) in [6.07, 6.45) is 0.516. The number of carbonyl (C=O) groups is 1. The van der Waals surface area contributed by atoms with Gasteiger partial charge in [-0.25, -0.2) is 0 Å². The van der Waals surface area contributed by atoms with E-state index < -0.39 is 12.0 Å². The molecule has 0 aliphatic carbocycles. The van der Waals surface area contributed by atoms with E-state index in [1.807, 2.05) is 36.1 Å². The lowest BCUT2D eigenvalue weighted by molar-refractivity contribution is -0.147. The zero-order chi connectivity index (χ0) is 13.8. The fourth-order valence-corrected chi connectivity index (χ4v) is 2.55. The van der Waals surface area contributed by atoms with Crippen LogP contribution in [-0.2, 0) is 9.53 Å². The van der Waals surface area contributed by atoms with Crippen molar-refractivity contribution in [3.05, 3.63) is 34.9 Å². The lowest BCUT2D eigenvalue weighted by Gasteiger charge is -2.36. The molecule has 2 atom stereocenters. The molecule has 1 aliphatic heterocycles. The van der Waals surface area contributed by atoms with Gasteiger partial charge in [0.2, 0.25) is 0 Å². The average molecular weight is 284 g/mol. The summed E-state index contributed by atoms with van der Waals surface area (Å²) in [6.45, 7) is 3.71. The highest BCUT2D eigenvalue weighted by Crippen LogP contribution is 2.25. The van der Waals surface area contributed by atoms with Gasteiger partial charge in [-0.3, -0.25) is 9.69 Å². The molecular weight excluding hydrogens is 266 g/mol. The number of aliphatic carboxylic acids is 1. The standard InChI is InChI=1S/C14H18ClNO3/c1-2-12(14(17)18)16-7-8-19-13(9-16)10-3-5-11(15)6-4-10/h3-6,12-13H,2,7-9H2,1H3,(H,17,18). The highest BCUT2D eigenvalue weighted by atomic mass is 35.5. The van der Waals surface area contributed by atoms with Gasteiger partial charge in [-0.15, -0.1) is 0 Å². The molecule has 1 heterocycles. The summed E-state index contributed by atoms with van der Waals surface area (Å²) < 4.78 is 5.73. The van der Waals surface area contributed by atoms with Crippen LogP contribution in [0.2, 0.25) is 5.02 Å². The minimum Gasteiger partial charge on any atom is -0.480 e. The largest absolute Gasteiger partial charge is 0.480 e. The molecule has 0 saturated carbocycles. The van der Waals surface area contributed by atoms with E-state index in [0.29, 0.717) is 31.1 Å². The van der Waals surface area contributed by atoms with Crippen molar-refractivity contribution in [1.29, 1.82) is 0 Å². The Morgan fingerprint density at radius 3 is 2.79 bits per heavy atom. The van der Waals surface area contributed by atoms with Crippen LogP contribution in [0.1, 0.15) is 25.0 Å². The molecule has 1 fully saturated rings. The van der Waals surface area contributed by atoms with E-state index in [0.717, 1.165) is 5.56 Å². The van der Waals surface area contributed by atoms with E-state index >= 15 is 0 Å². The summed E-state index contributed by atoms with van der Waals surface area (Å²) >= 11 is 5.86. The van der Waals surface area contributed by atoms with Gasteiger partial charge in [-0.1, -0.05) is 30.7 Å². The lowest BCUT2D eigenvalue weighted by atomic mass is 10.1. The van der Waals surface area contributed by atoms with Crippen LogP contribution in [0.4, 0.5) is 0 Å². The van der Waals surface area contributed by atoms with Crippen LogP contribution in [0.3, 0.4) is 0 Å². The molecule has 19 heavy (non-hydrogen) atoms. The molecule has 1 N–H and O–H groups in total. The SMILES string of the molecule is CCC(C(=O)O)N1CCOC(c2ccc(Cl)cc2)C1. The molecule has 1 aromatic rings. The monoisotopic (exact) mass is 283 g/mol. The Labute approximate surface area is 117 Å². The van der Waals surface area contributed by atoms with Crippen LogP contribution < -0.4 is 0 Å². The molecule has 104 valence electrons. The quantitative estimate of drug-likeness (QED) is 0.923. The normalized spacial score (nSPS) is 22.1. The first-order valence-electron chi connectivity index (χ1n) is 6.45. The summed E-state index contributed by atoms with van der Waals surface area (Å²) in [6, 6.07) is 7.08. The number of morpholine rings is 1. The van der Waals surface area contributed by atoms with E-state index in [-0.39, 0.29) is 6.10 Å². The molecule has 0 aromatic heterocycles. The van der Waals surface area contributed by atoms with Gasteiger partial charge in [0, 0.05) is 18.1 Å². The first-order valence-corrected chi connectivity index (χ1v) is 6.83. The maximum atomic E-state index is 11.2. The van der Waals surface area contributed by atoms with Crippen LogP contribution in [0.25, 0.3) is 0 Å². The van der Waals surface area contributed by atoms with Crippen molar-refractivity contribution in [3.63, 3.8) is 0 Å². The lowest BCUT2D eigenvalue weighted by Crippen LogP contribution is -2.48. The molecule has 1 aromatic carbocycles. The van der Waals surface area contributed by atoms with Crippen molar-refractivity contribution >= 4 is 17.6 Å². The first kappa shape index (κ1) is 14.3. The van der Waals surface area contributed by atoms with E-state index in [1.54, 1.807) is 0 Å². The van der Waals surface area contributed by atoms with Gasteiger partial charge >= 0.3 is 5.97 Å². The number of ether oxygens (including phenoxy) is 1. The van der Waals surface area contributed by atoms with E-state index in [4.69, 9.17) is 16.3 Å². The van der Waals surface area contributed by atoms with Crippen molar-refractivity contribution in [2.24, 2.45) is 0 Å². The van der Waals surface area contributed by atoms with Crippen molar-refractivity contribution in [1.82, 2.24) is 4.90 Å². The van der Waals surface area contributed by atoms with Crippen molar-refractivity contribution in [2.75, 3.05) is 19.7 Å².